The van der Waals surface area contributed by atoms with Gasteiger partial charge in [0.1, 0.15) is 5.75 Å². The minimum absolute atomic E-state index is 0.0775. The van der Waals surface area contributed by atoms with Crippen molar-refractivity contribution in [1.29, 1.82) is 0 Å². The van der Waals surface area contributed by atoms with E-state index in [4.69, 9.17) is 4.74 Å². The fraction of sp³-hybridized carbons (Fsp3) is 0.231. The Morgan fingerprint density at radius 2 is 2.21 bits per heavy atom. The molecule has 0 radical (unpaired) electrons. The van der Waals surface area contributed by atoms with Crippen molar-refractivity contribution in [2.24, 2.45) is 0 Å². The number of rotatable bonds is 6. The molecule has 6 heteroatoms. The summed E-state index contributed by atoms with van der Waals surface area (Å²) >= 11 is 1.67. The first-order chi connectivity index (χ1) is 9.20. The van der Waals surface area contributed by atoms with Gasteiger partial charge in [-0.1, -0.05) is 6.07 Å². The van der Waals surface area contributed by atoms with Gasteiger partial charge in [0.05, 0.1) is 12.0 Å². The third-order valence-electron chi connectivity index (χ3n) is 2.67. The van der Waals surface area contributed by atoms with Crippen molar-refractivity contribution in [2.45, 2.75) is 13.1 Å². The highest BCUT2D eigenvalue weighted by atomic mass is 32.1. The second-order valence-electron chi connectivity index (χ2n) is 3.94. The van der Waals surface area contributed by atoms with Crippen LogP contribution < -0.4 is 10.1 Å². The highest BCUT2D eigenvalue weighted by Crippen LogP contribution is 2.23. The largest absolute Gasteiger partial charge is 0.496 e. The summed E-state index contributed by atoms with van der Waals surface area (Å²) in [6.07, 6.45) is 0. The van der Waals surface area contributed by atoms with Gasteiger partial charge in [0.2, 0.25) is 0 Å². The van der Waals surface area contributed by atoms with Gasteiger partial charge in [-0.25, -0.2) is 0 Å². The number of nitro benzene ring substituents is 1. The summed E-state index contributed by atoms with van der Waals surface area (Å²) in [5, 5.41) is 16.0. The van der Waals surface area contributed by atoms with Crippen molar-refractivity contribution in [3.8, 4) is 5.75 Å². The number of nitrogens with one attached hydrogen (secondary N) is 1. The van der Waals surface area contributed by atoms with Gasteiger partial charge in [0.25, 0.3) is 5.69 Å². The van der Waals surface area contributed by atoms with Crippen molar-refractivity contribution in [3.63, 3.8) is 0 Å². The molecule has 0 bridgehead atoms. The molecule has 2 aromatic rings. The van der Waals surface area contributed by atoms with E-state index in [-0.39, 0.29) is 5.69 Å². The molecule has 1 heterocycles. The first-order valence-electron chi connectivity index (χ1n) is 5.75. The van der Waals surface area contributed by atoms with Crippen LogP contribution in [0, 0.1) is 10.1 Å². The molecule has 0 aliphatic heterocycles. The van der Waals surface area contributed by atoms with Gasteiger partial charge in [0, 0.05) is 35.7 Å². The molecule has 0 fully saturated rings. The number of nitro groups is 1. The molecule has 2 rings (SSSR count). The molecule has 0 saturated heterocycles. The van der Waals surface area contributed by atoms with Crippen molar-refractivity contribution in [3.05, 3.63) is 56.3 Å². The van der Waals surface area contributed by atoms with E-state index in [0.29, 0.717) is 12.3 Å². The Kier molecular flexibility index (Phi) is 4.48. The topological polar surface area (TPSA) is 64.4 Å². The van der Waals surface area contributed by atoms with Gasteiger partial charge >= 0.3 is 0 Å². The Hall–Kier alpha value is -1.92. The van der Waals surface area contributed by atoms with E-state index in [1.807, 2.05) is 17.5 Å². The lowest BCUT2D eigenvalue weighted by Crippen LogP contribution is -2.12. The minimum atomic E-state index is -0.401. The minimum Gasteiger partial charge on any atom is -0.496 e. The van der Waals surface area contributed by atoms with E-state index in [0.717, 1.165) is 12.1 Å². The summed E-state index contributed by atoms with van der Waals surface area (Å²) < 4.78 is 5.21. The molecule has 100 valence electrons. The highest BCUT2D eigenvalue weighted by molar-refractivity contribution is 7.09. The molecule has 0 atom stereocenters. The lowest BCUT2D eigenvalue weighted by molar-refractivity contribution is -0.384. The van der Waals surface area contributed by atoms with Crippen LogP contribution in [0.5, 0.6) is 5.75 Å². The first kappa shape index (κ1) is 13.5. The average molecular weight is 278 g/mol. The summed E-state index contributed by atoms with van der Waals surface area (Å²) in [7, 11) is 1.56. The molecule has 0 unspecified atom stereocenters. The van der Waals surface area contributed by atoms with Crippen LogP contribution in [0.2, 0.25) is 0 Å². The van der Waals surface area contributed by atoms with Crippen molar-refractivity contribution >= 4 is 17.0 Å². The number of thiophene rings is 1. The van der Waals surface area contributed by atoms with E-state index in [1.54, 1.807) is 30.6 Å². The zero-order chi connectivity index (χ0) is 13.7. The molecule has 1 aromatic heterocycles. The molecule has 1 aromatic carbocycles. The van der Waals surface area contributed by atoms with Crippen LogP contribution in [-0.4, -0.2) is 12.0 Å². The molecule has 0 saturated carbocycles. The van der Waals surface area contributed by atoms with Crippen molar-refractivity contribution < 1.29 is 9.66 Å². The lowest BCUT2D eigenvalue weighted by Gasteiger charge is -2.09. The third-order valence-corrected chi connectivity index (χ3v) is 3.55. The first-order valence-corrected chi connectivity index (χ1v) is 6.63. The van der Waals surface area contributed by atoms with Crippen LogP contribution in [0.3, 0.4) is 0 Å². The van der Waals surface area contributed by atoms with Crippen LogP contribution in [0.15, 0.2) is 35.7 Å². The van der Waals surface area contributed by atoms with Gasteiger partial charge in [-0.2, -0.15) is 0 Å². The van der Waals surface area contributed by atoms with Gasteiger partial charge in [-0.3, -0.25) is 10.1 Å². The Morgan fingerprint density at radius 3 is 2.84 bits per heavy atom. The quantitative estimate of drug-likeness (QED) is 0.651. The van der Waals surface area contributed by atoms with Crippen LogP contribution in [0.25, 0.3) is 0 Å². The molecular weight excluding hydrogens is 264 g/mol. The van der Waals surface area contributed by atoms with Crippen molar-refractivity contribution in [1.82, 2.24) is 5.32 Å². The molecule has 1 N–H and O–H groups in total. The Labute approximate surface area is 115 Å². The zero-order valence-electron chi connectivity index (χ0n) is 10.5. The van der Waals surface area contributed by atoms with Crippen LogP contribution >= 0.6 is 11.3 Å². The normalized spacial score (nSPS) is 10.4. The molecule has 0 aliphatic rings. The van der Waals surface area contributed by atoms with E-state index >= 15 is 0 Å². The van der Waals surface area contributed by atoms with Crippen LogP contribution in [0.1, 0.15) is 10.4 Å². The SMILES string of the molecule is COc1ccc([N+](=O)[O-])cc1CNCc1cccs1. The second kappa shape index (κ2) is 6.31. The summed E-state index contributed by atoms with van der Waals surface area (Å²) in [6, 6.07) is 8.65. The summed E-state index contributed by atoms with van der Waals surface area (Å²) in [5.41, 5.74) is 0.863. The zero-order valence-corrected chi connectivity index (χ0v) is 11.3. The average Bonchev–Trinajstić information content (AvgIpc) is 2.91. The molecule has 0 amide bonds. The summed E-state index contributed by atoms with van der Waals surface area (Å²) in [5.74, 6) is 0.657. The molecule has 19 heavy (non-hydrogen) atoms. The predicted molar refractivity (Wildman–Crippen MR) is 74.5 cm³/mol. The number of hydrogen-bond donors (Lipinski definition) is 1. The third kappa shape index (κ3) is 3.52. The molecular formula is C13H14N2O3S. The fourth-order valence-corrected chi connectivity index (χ4v) is 2.42. The van der Waals surface area contributed by atoms with Crippen LogP contribution in [-0.2, 0) is 13.1 Å². The smallest absolute Gasteiger partial charge is 0.270 e. The Balaban J connectivity index is 2.04. The maximum absolute atomic E-state index is 10.8. The molecule has 0 aliphatic carbocycles. The monoisotopic (exact) mass is 278 g/mol. The number of non-ortho nitro benzene ring substituents is 1. The highest BCUT2D eigenvalue weighted by Gasteiger charge is 2.10. The summed E-state index contributed by atoms with van der Waals surface area (Å²) in [4.78, 5) is 11.6. The molecule has 5 nitrogen and oxygen atoms in total. The Bertz CT molecular complexity index is 555. The number of hydrogen-bond acceptors (Lipinski definition) is 5. The van der Waals surface area contributed by atoms with E-state index in [2.05, 4.69) is 5.32 Å². The van der Waals surface area contributed by atoms with E-state index in [1.165, 1.54) is 10.9 Å². The summed E-state index contributed by atoms with van der Waals surface area (Å²) in [6.45, 7) is 1.27. The maximum Gasteiger partial charge on any atom is 0.270 e. The number of benzene rings is 1. The predicted octanol–water partition coefficient (Wildman–Crippen LogP) is 2.95. The van der Waals surface area contributed by atoms with Gasteiger partial charge in [-0.05, 0) is 17.5 Å². The van der Waals surface area contributed by atoms with Gasteiger partial charge in [-0.15, -0.1) is 11.3 Å². The number of methoxy groups -OCH3 is 1. The number of nitrogens with zero attached hydrogens (tertiary/aromatic N) is 1. The van der Waals surface area contributed by atoms with E-state index in [9.17, 15) is 10.1 Å². The standard InChI is InChI=1S/C13H14N2O3S/c1-18-13-5-4-11(15(16)17)7-10(13)8-14-9-12-3-2-6-19-12/h2-7,14H,8-9H2,1H3. The van der Waals surface area contributed by atoms with Crippen molar-refractivity contribution in [2.75, 3.05) is 7.11 Å². The Morgan fingerprint density at radius 1 is 1.37 bits per heavy atom. The maximum atomic E-state index is 10.8. The van der Waals surface area contributed by atoms with E-state index < -0.39 is 4.92 Å². The fourth-order valence-electron chi connectivity index (χ4n) is 1.75. The van der Waals surface area contributed by atoms with Gasteiger partial charge in [0.15, 0.2) is 0 Å². The van der Waals surface area contributed by atoms with Crippen LogP contribution in [0.4, 0.5) is 5.69 Å². The molecule has 0 spiro atoms. The van der Waals surface area contributed by atoms with Gasteiger partial charge < -0.3 is 10.1 Å². The second-order valence-corrected chi connectivity index (χ2v) is 4.97. The lowest BCUT2D eigenvalue weighted by atomic mass is 10.1. The number of ether oxygens (including phenoxy) is 1.